The van der Waals surface area contributed by atoms with Crippen LogP contribution in [0.1, 0.15) is 34.3 Å². The minimum Gasteiger partial charge on any atom is -0.494 e. The zero-order chi connectivity index (χ0) is 24.8. The second kappa shape index (κ2) is 10.5. The van der Waals surface area contributed by atoms with Gasteiger partial charge in [0.2, 0.25) is 5.88 Å². The number of fused-ring (bicyclic) bond motifs is 1. The van der Waals surface area contributed by atoms with E-state index in [0.29, 0.717) is 36.0 Å². The van der Waals surface area contributed by atoms with E-state index < -0.39 is 11.9 Å². The van der Waals surface area contributed by atoms with Crippen molar-refractivity contribution in [1.82, 2.24) is 0 Å². The lowest BCUT2D eigenvalue weighted by molar-refractivity contribution is 0.0734. The maximum atomic E-state index is 12.6. The summed E-state index contributed by atoms with van der Waals surface area (Å²) in [6.45, 7) is 6.45. The number of allylic oxidation sites excluding steroid dienone is 1. The molecule has 4 rings (SSSR count). The molecule has 0 spiro atoms. The van der Waals surface area contributed by atoms with Gasteiger partial charge in [-0.05, 0) is 55.0 Å². The van der Waals surface area contributed by atoms with Crippen LogP contribution >= 0.6 is 0 Å². The Morgan fingerprint density at radius 1 is 1.09 bits per heavy atom. The van der Waals surface area contributed by atoms with E-state index in [-0.39, 0.29) is 17.2 Å². The summed E-state index contributed by atoms with van der Waals surface area (Å²) in [4.78, 5) is 12.6. The summed E-state index contributed by atoms with van der Waals surface area (Å²) in [7, 11) is 0. The second-order valence-corrected chi connectivity index (χ2v) is 7.64. The number of nitriles is 1. The Morgan fingerprint density at radius 3 is 2.57 bits per heavy atom. The predicted molar refractivity (Wildman–Crippen MR) is 130 cm³/mol. The first-order valence-electron chi connectivity index (χ1n) is 11.0. The smallest absolute Gasteiger partial charge is 0.343 e. The molecule has 0 aliphatic carbocycles. The first-order valence-corrected chi connectivity index (χ1v) is 11.0. The molecule has 0 saturated heterocycles. The highest BCUT2D eigenvalue weighted by molar-refractivity contribution is 5.91. The van der Waals surface area contributed by atoms with Crippen LogP contribution in [0.15, 0.2) is 90.8 Å². The molecule has 0 amide bonds. The Kier molecular flexibility index (Phi) is 7.03. The van der Waals surface area contributed by atoms with Crippen molar-refractivity contribution in [2.75, 3.05) is 13.2 Å². The fourth-order valence-corrected chi connectivity index (χ4v) is 3.80. The van der Waals surface area contributed by atoms with E-state index in [1.54, 1.807) is 48.5 Å². The quantitative estimate of drug-likeness (QED) is 0.279. The lowest BCUT2D eigenvalue weighted by Crippen LogP contribution is -2.21. The van der Waals surface area contributed by atoms with E-state index >= 15 is 0 Å². The third-order valence-corrected chi connectivity index (χ3v) is 5.36. The summed E-state index contributed by atoms with van der Waals surface area (Å²) < 4.78 is 22.3. The number of esters is 1. The van der Waals surface area contributed by atoms with Crippen LogP contribution in [0, 0.1) is 11.3 Å². The number of benzene rings is 3. The molecule has 176 valence electrons. The molecule has 0 aromatic heterocycles. The Labute approximate surface area is 203 Å². The first kappa shape index (κ1) is 23.5. The number of ether oxygens (including phenoxy) is 4. The van der Waals surface area contributed by atoms with Crippen LogP contribution in [0.2, 0.25) is 0 Å². The number of nitrogens with two attached hydrogens (primary N) is 1. The van der Waals surface area contributed by atoms with Crippen LogP contribution < -0.4 is 24.7 Å². The summed E-state index contributed by atoms with van der Waals surface area (Å²) in [5.41, 5.74) is 8.31. The molecule has 7 nitrogen and oxygen atoms in total. The van der Waals surface area contributed by atoms with E-state index in [9.17, 15) is 10.1 Å². The highest BCUT2D eigenvalue weighted by Gasteiger charge is 2.31. The minimum absolute atomic E-state index is 0.00241. The number of nitrogens with zero attached hydrogens (tertiary/aromatic N) is 1. The van der Waals surface area contributed by atoms with Gasteiger partial charge in [-0.25, -0.2) is 4.79 Å². The summed E-state index contributed by atoms with van der Waals surface area (Å²) in [5.74, 6) is 1.02. The Hall–Kier alpha value is -4.70. The van der Waals surface area contributed by atoms with Crippen molar-refractivity contribution in [2.45, 2.75) is 12.8 Å². The predicted octanol–water partition coefficient (Wildman–Crippen LogP) is 5.09. The molecule has 7 heteroatoms. The molecule has 0 bridgehead atoms. The van der Waals surface area contributed by atoms with Gasteiger partial charge < -0.3 is 24.7 Å². The molecular formula is C28H24N2O5. The monoisotopic (exact) mass is 468 g/mol. The minimum atomic E-state index is -0.520. The number of hydrogen-bond donors (Lipinski definition) is 1. The van der Waals surface area contributed by atoms with Crippen molar-refractivity contribution >= 4 is 5.97 Å². The van der Waals surface area contributed by atoms with Gasteiger partial charge in [0.1, 0.15) is 41.2 Å². The molecule has 3 aromatic carbocycles. The van der Waals surface area contributed by atoms with Crippen molar-refractivity contribution in [1.29, 1.82) is 5.26 Å². The molecule has 0 saturated carbocycles. The lowest BCUT2D eigenvalue weighted by Gasteiger charge is -2.27. The molecule has 1 heterocycles. The summed E-state index contributed by atoms with van der Waals surface area (Å²) in [5, 5.41) is 9.79. The average Bonchev–Trinajstić information content (AvgIpc) is 2.87. The van der Waals surface area contributed by atoms with Gasteiger partial charge in [-0.2, -0.15) is 5.26 Å². The second-order valence-electron chi connectivity index (χ2n) is 7.64. The zero-order valence-corrected chi connectivity index (χ0v) is 19.2. The summed E-state index contributed by atoms with van der Waals surface area (Å²) in [6.07, 6.45) is 1.66. The molecule has 2 N–H and O–H groups in total. The molecular weight excluding hydrogens is 444 g/mol. The highest BCUT2D eigenvalue weighted by atomic mass is 16.5. The SMILES string of the molecule is C=CCOc1cccc(C2C(C#N)=C(N)Oc3cc(OC(=O)c4ccc(OCC)cc4)ccc32)c1. The number of carbonyl (C=O) groups excluding carboxylic acids is 1. The normalized spacial score (nSPS) is 14.2. The first-order chi connectivity index (χ1) is 17.0. The van der Waals surface area contributed by atoms with Crippen molar-refractivity contribution in [3.05, 3.63) is 108 Å². The van der Waals surface area contributed by atoms with Crippen molar-refractivity contribution in [2.24, 2.45) is 5.73 Å². The van der Waals surface area contributed by atoms with Crippen molar-refractivity contribution in [3.8, 4) is 29.1 Å². The average molecular weight is 469 g/mol. The fourth-order valence-electron chi connectivity index (χ4n) is 3.80. The van der Waals surface area contributed by atoms with E-state index in [2.05, 4.69) is 12.6 Å². The van der Waals surface area contributed by atoms with Crippen LogP contribution in [0.5, 0.6) is 23.0 Å². The van der Waals surface area contributed by atoms with Crippen LogP contribution in [0.4, 0.5) is 0 Å². The Morgan fingerprint density at radius 2 is 1.86 bits per heavy atom. The molecule has 1 atom stereocenters. The Balaban J connectivity index is 1.62. The molecule has 0 radical (unpaired) electrons. The molecule has 1 unspecified atom stereocenters. The van der Waals surface area contributed by atoms with E-state index in [1.165, 1.54) is 0 Å². The van der Waals surface area contributed by atoms with Crippen LogP contribution in [-0.2, 0) is 0 Å². The lowest BCUT2D eigenvalue weighted by atomic mass is 9.83. The molecule has 0 fully saturated rings. The molecule has 35 heavy (non-hydrogen) atoms. The van der Waals surface area contributed by atoms with Gasteiger partial charge >= 0.3 is 5.97 Å². The molecule has 1 aliphatic heterocycles. The summed E-state index contributed by atoms with van der Waals surface area (Å²) in [6, 6.07) is 21.3. The largest absolute Gasteiger partial charge is 0.494 e. The topological polar surface area (TPSA) is 104 Å². The standard InChI is InChI=1S/C28H24N2O5/c1-3-14-33-21-7-5-6-19(15-21)26-23-13-12-22(16-25(23)35-27(30)24(26)17-29)34-28(31)18-8-10-20(11-9-18)32-4-2/h3,5-13,15-16,26H,1,4,14,30H2,2H3. The van der Waals surface area contributed by atoms with E-state index in [1.807, 2.05) is 31.2 Å². The van der Waals surface area contributed by atoms with Gasteiger partial charge in [-0.15, -0.1) is 0 Å². The zero-order valence-electron chi connectivity index (χ0n) is 19.2. The van der Waals surface area contributed by atoms with Gasteiger partial charge in [0.25, 0.3) is 0 Å². The van der Waals surface area contributed by atoms with E-state index in [4.69, 9.17) is 24.7 Å². The van der Waals surface area contributed by atoms with Crippen LogP contribution in [0.3, 0.4) is 0 Å². The van der Waals surface area contributed by atoms with Gasteiger partial charge in [0.15, 0.2) is 0 Å². The maximum absolute atomic E-state index is 12.6. The fraction of sp³-hybridized carbons (Fsp3) is 0.143. The number of carbonyl (C=O) groups is 1. The number of hydrogen-bond acceptors (Lipinski definition) is 7. The Bertz CT molecular complexity index is 1320. The van der Waals surface area contributed by atoms with Crippen LogP contribution in [0.25, 0.3) is 0 Å². The molecule has 3 aromatic rings. The van der Waals surface area contributed by atoms with Gasteiger partial charge in [0, 0.05) is 11.6 Å². The van der Waals surface area contributed by atoms with Crippen LogP contribution in [-0.4, -0.2) is 19.2 Å². The van der Waals surface area contributed by atoms with Crippen molar-refractivity contribution < 1.29 is 23.7 Å². The van der Waals surface area contributed by atoms with Gasteiger partial charge in [-0.1, -0.05) is 30.9 Å². The summed E-state index contributed by atoms with van der Waals surface area (Å²) >= 11 is 0. The molecule has 1 aliphatic rings. The van der Waals surface area contributed by atoms with Gasteiger partial charge in [-0.3, -0.25) is 0 Å². The van der Waals surface area contributed by atoms with Crippen molar-refractivity contribution in [3.63, 3.8) is 0 Å². The number of rotatable bonds is 8. The highest BCUT2D eigenvalue weighted by Crippen LogP contribution is 2.44. The van der Waals surface area contributed by atoms with E-state index in [0.717, 1.165) is 11.1 Å². The third-order valence-electron chi connectivity index (χ3n) is 5.36. The van der Waals surface area contributed by atoms with Gasteiger partial charge in [0.05, 0.1) is 18.1 Å². The third kappa shape index (κ3) is 5.12. The maximum Gasteiger partial charge on any atom is 0.343 e.